The minimum Gasteiger partial charge on any atom is -0.354 e. The minimum atomic E-state index is -0.332. The Hall–Kier alpha value is -0.910. The lowest BCUT2D eigenvalue weighted by atomic mass is 10.2. The van der Waals surface area contributed by atoms with Gasteiger partial charge in [0.25, 0.3) is 0 Å². The molecule has 1 rings (SSSR count). The summed E-state index contributed by atoms with van der Waals surface area (Å²) in [7, 11) is 7.02. The maximum absolute atomic E-state index is 5.19. The molecule has 0 fully saturated rings. The fourth-order valence-corrected chi connectivity index (χ4v) is 1.43. The van der Waals surface area contributed by atoms with Gasteiger partial charge in [0.15, 0.2) is 6.29 Å². The third kappa shape index (κ3) is 2.12. The number of aromatic nitrogens is 2. The summed E-state index contributed by atoms with van der Waals surface area (Å²) in [4.78, 5) is 4.24. The van der Waals surface area contributed by atoms with E-state index in [1.807, 2.05) is 24.9 Å². The molecule has 0 saturated carbocycles. The van der Waals surface area contributed by atoms with E-state index >= 15 is 0 Å². The molecule has 0 bridgehead atoms. The maximum atomic E-state index is 5.19. The molecule has 1 heterocycles. The predicted molar refractivity (Wildman–Crippen MR) is 52.8 cm³/mol. The van der Waals surface area contributed by atoms with Crippen LogP contribution in [-0.2, 0) is 16.5 Å². The van der Waals surface area contributed by atoms with Crippen LogP contribution in [0.25, 0.3) is 0 Å². The topological polar surface area (TPSA) is 48.3 Å². The Kier molecular flexibility index (Phi) is 4.06. The molecule has 0 aliphatic rings. The number of nitrogens with one attached hydrogen (secondary N) is 1. The van der Waals surface area contributed by atoms with Crippen molar-refractivity contribution in [1.82, 2.24) is 14.9 Å². The molecule has 1 atom stereocenters. The van der Waals surface area contributed by atoms with E-state index in [1.165, 1.54) is 0 Å². The molecule has 0 amide bonds. The lowest BCUT2D eigenvalue weighted by Crippen LogP contribution is -2.34. The predicted octanol–water partition coefficient (Wildman–Crippen LogP) is 0.299. The summed E-state index contributed by atoms with van der Waals surface area (Å²) in [5.41, 5.74) is 0. The van der Waals surface area contributed by atoms with Gasteiger partial charge < -0.3 is 19.4 Å². The summed E-state index contributed by atoms with van der Waals surface area (Å²) in [6.07, 6.45) is 3.31. The van der Waals surface area contributed by atoms with Crippen molar-refractivity contribution in [3.8, 4) is 0 Å². The zero-order chi connectivity index (χ0) is 10.6. The molecule has 1 N–H and O–H groups in total. The summed E-state index contributed by atoms with van der Waals surface area (Å²) < 4.78 is 12.3. The monoisotopic (exact) mass is 199 g/mol. The van der Waals surface area contributed by atoms with E-state index in [2.05, 4.69) is 10.3 Å². The van der Waals surface area contributed by atoms with Gasteiger partial charge in [-0.3, -0.25) is 0 Å². The molecule has 0 saturated heterocycles. The molecular weight excluding hydrogens is 182 g/mol. The first kappa shape index (κ1) is 11.2. The minimum absolute atomic E-state index is 0.0648. The summed E-state index contributed by atoms with van der Waals surface area (Å²) in [5, 5.41) is 3.11. The van der Waals surface area contributed by atoms with E-state index in [1.54, 1.807) is 20.4 Å². The number of rotatable bonds is 5. The average Bonchev–Trinajstić information content (AvgIpc) is 2.61. The second-order valence-corrected chi connectivity index (χ2v) is 3.00. The van der Waals surface area contributed by atoms with Gasteiger partial charge in [-0.1, -0.05) is 0 Å². The van der Waals surface area contributed by atoms with Gasteiger partial charge >= 0.3 is 0 Å². The molecule has 0 radical (unpaired) electrons. The van der Waals surface area contributed by atoms with Crippen molar-refractivity contribution in [3.63, 3.8) is 0 Å². The van der Waals surface area contributed by atoms with Crippen LogP contribution in [0, 0.1) is 0 Å². The number of likely N-dealkylation sites (N-methyl/N-ethyl adjacent to an activating group) is 1. The first-order valence-corrected chi connectivity index (χ1v) is 4.44. The van der Waals surface area contributed by atoms with Crippen LogP contribution < -0.4 is 5.32 Å². The summed E-state index contributed by atoms with van der Waals surface area (Å²) >= 11 is 0. The lowest BCUT2D eigenvalue weighted by molar-refractivity contribution is -0.124. The number of nitrogens with zero attached hydrogens (tertiary/aromatic N) is 2. The molecule has 5 nitrogen and oxygen atoms in total. The van der Waals surface area contributed by atoms with Crippen LogP contribution in [0.5, 0.6) is 0 Å². The number of methoxy groups -OCH3 is 2. The van der Waals surface area contributed by atoms with E-state index in [4.69, 9.17) is 9.47 Å². The van der Waals surface area contributed by atoms with Crippen LogP contribution >= 0.6 is 0 Å². The van der Waals surface area contributed by atoms with E-state index in [-0.39, 0.29) is 12.3 Å². The Balaban J connectivity index is 2.86. The molecule has 0 aliphatic carbocycles. The second kappa shape index (κ2) is 5.09. The van der Waals surface area contributed by atoms with Crippen LogP contribution in [0.3, 0.4) is 0 Å². The number of imidazole rings is 1. The molecule has 5 heteroatoms. The van der Waals surface area contributed by atoms with Gasteiger partial charge in [0, 0.05) is 33.7 Å². The highest BCUT2D eigenvalue weighted by Crippen LogP contribution is 2.16. The van der Waals surface area contributed by atoms with E-state index in [0.29, 0.717) is 0 Å². The van der Waals surface area contributed by atoms with Crippen molar-refractivity contribution in [1.29, 1.82) is 0 Å². The van der Waals surface area contributed by atoms with Crippen molar-refractivity contribution in [2.45, 2.75) is 12.3 Å². The molecule has 0 spiro atoms. The number of ether oxygens (including phenoxy) is 2. The van der Waals surface area contributed by atoms with Gasteiger partial charge in [0.1, 0.15) is 11.9 Å². The Morgan fingerprint density at radius 2 is 2.07 bits per heavy atom. The number of hydrogen-bond donors (Lipinski definition) is 1. The molecule has 1 aromatic heterocycles. The highest BCUT2D eigenvalue weighted by molar-refractivity contribution is 4.99. The Morgan fingerprint density at radius 3 is 2.43 bits per heavy atom. The van der Waals surface area contributed by atoms with Gasteiger partial charge in [0.2, 0.25) is 0 Å². The smallest absolute Gasteiger partial charge is 0.179 e. The van der Waals surface area contributed by atoms with Gasteiger partial charge in [-0.2, -0.15) is 0 Å². The Labute approximate surface area is 84.0 Å². The highest BCUT2D eigenvalue weighted by Gasteiger charge is 2.24. The van der Waals surface area contributed by atoms with Crippen LogP contribution in [0.15, 0.2) is 12.4 Å². The van der Waals surface area contributed by atoms with Crippen molar-refractivity contribution in [2.24, 2.45) is 7.05 Å². The van der Waals surface area contributed by atoms with E-state index in [0.717, 1.165) is 5.82 Å². The normalized spacial score (nSPS) is 13.5. The quantitative estimate of drug-likeness (QED) is 0.693. The molecule has 14 heavy (non-hydrogen) atoms. The van der Waals surface area contributed by atoms with Crippen molar-refractivity contribution >= 4 is 0 Å². The third-order valence-corrected chi connectivity index (χ3v) is 2.18. The van der Waals surface area contributed by atoms with E-state index < -0.39 is 0 Å². The molecule has 1 aromatic rings. The first-order chi connectivity index (χ1) is 6.74. The standard InChI is InChI=1S/C9H17N3O2/c1-10-7(9(13-3)14-4)8-11-5-6-12(8)2/h5-7,9-10H,1-4H3. The third-order valence-electron chi connectivity index (χ3n) is 2.18. The summed E-state index contributed by atoms with van der Waals surface area (Å²) in [6.45, 7) is 0. The van der Waals surface area contributed by atoms with Crippen molar-refractivity contribution < 1.29 is 9.47 Å². The summed E-state index contributed by atoms with van der Waals surface area (Å²) in [6, 6.07) is -0.0648. The summed E-state index contributed by atoms with van der Waals surface area (Å²) in [5.74, 6) is 0.890. The van der Waals surface area contributed by atoms with Crippen LogP contribution in [0.2, 0.25) is 0 Å². The Morgan fingerprint density at radius 1 is 1.43 bits per heavy atom. The zero-order valence-corrected chi connectivity index (χ0v) is 9.02. The van der Waals surface area contributed by atoms with Gasteiger partial charge in [-0.15, -0.1) is 0 Å². The maximum Gasteiger partial charge on any atom is 0.179 e. The first-order valence-electron chi connectivity index (χ1n) is 4.44. The SMILES string of the molecule is CNC(c1nccn1C)C(OC)OC. The van der Waals surface area contributed by atoms with E-state index in [9.17, 15) is 0 Å². The fourth-order valence-electron chi connectivity index (χ4n) is 1.43. The molecule has 0 aromatic carbocycles. The van der Waals surface area contributed by atoms with Gasteiger partial charge in [-0.25, -0.2) is 4.98 Å². The average molecular weight is 199 g/mol. The highest BCUT2D eigenvalue weighted by atomic mass is 16.7. The van der Waals surface area contributed by atoms with Crippen LogP contribution in [0.1, 0.15) is 11.9 Å². The number of hydrogen-bond acceptors (Lipinski definition) is 4. The molecule has 0 aliphatic heterocycles. The van der Waals surface area contributed by atoms with Crippen LogP contribution in [-0.4, -0.2) is 37.1 Å². The van der Waals surface area contributed by atoms with Crippen molar-refractivity contribution in [3.05, 3.63) is 18.2 Å². The van der Waals surface area contributed by atoms with Crippen molar-refractivity contribution in [2.75, 3.05) is 21.3 Å². The van der Waals surface area contributed by atoms with Crippen LogP contribution in [0.4, 0.5) is 0 Å². The second-order valence-electron chi connectivity index (χ2n) is 3.00. The zero-order valence-electron chi connectivity index (χ0n) is 9.02. The molecule has 1 unspecified atom stereocenters. The molecular formula is C9H17N3O2. The molecule has 80 valence electrons. The largest absolute Gasteiger partial charge is 0.354 e. The van der Waals surface area contributed by atoms with Gasteiger partial charge in [-0.05, 0) is 7.05 Å². The fraction of sp³-hybridized carbons (Fsp3) is 0.667. The Bertz CT molecular complexity index is 271. The lowest BCUT2D eigenvalue weighted by Gasteiger charge is -2.23. The van der Waals surface area contributed by atoms with Gasteiger partial charge in [0.05, 0.1) is 0 Å². The number of aryl methyl sites for hydroxylation is 1.